The van der Waals surface area contributed by atoms with Crippen molar-refractivity contribution in [1.82, 2.24) is 10.4 Å². The maximum absolute atomic E-state index is 13.7. The SMILES string of the molecule is NNC(c1cncc(Br)c1)c1ccccc1F. The summed E-state index contributed by atoms with van der Waals surface area (Å²) < 4.78 is 14.5. The molecule has 1 unspecified atom stereocenters. The Morgan fingerprint density at radius 1 is 1.29 bits per heavy atom. The fraction of sp³-hybridized carbons (Fsp3) is 0.0833. The van der Waals surface area contributed by atoms with Crippen LogP contribution in [0.1, 0.15) is 17.2 Å². The highest BCUT2D eigenvalue weighted by atomic mass is 79.9. The smallest absolute Gasteiger partial charge is 0.128 e. The van der Waals surface area contributed by atoms with Gasteiger partial charge in [-0.2, -0.15) is 0 Å². The highest BCUT2D eigenvalue weighted by Crippen LogP contribution is 2.24. The van der Waals surface area contributed by atoms with Crippen molar-refractivity contribution >= 4 is 15.9 Å². The number of aromatic nitrogens is 1. The summed E-state index contributed by atoms with van der Waals surface area (Å²) in [5.74, 6) is 5.20. The normalized spacial score (nSPS) is 12.4. The molecule has 0 aliphatic heterocycles. The fourth-order valence-corrected chi connectivity index (χ4v) is 2.04. The van der Waals surface area contributed by atoms with Gasteiger partial charge in [0, 0.05) is 22.4 Å². The number of nitrogens with zero attached hydrogens (tertiary/aromatic N) is 1. The van der Waals surface area contributed by atoms with Gasteiger partial charge in [-0.05, 0) is 33.6 Å². The number of rotatable bonds is 3. The average Bonchev–Trinajstić information content (AvgIpc) is 2.33. The van der Waals surface area contributed by atoms with Crippen molar-refractivity contribution in [3.63, 3.8) is 0 Å². The largest absolute Gasteiger partial charge is 0.271 e. The highest BCUT2D eigenvalue weighted by Gasteiger charge is 2.16. The molecule has 5 heteroatoms. The summed E-state index contributed by atoms with van der Waals surface area (Å²) in [5, 5.41) is 0. The lowest BCUT2D eigenvalue weighted by molar-refractivity contribution is 0.559. The molecule has 0 fully saturated rings. The monoisotopic (exact) mass is 295 g/mol. The van der Waals surface area contributed by atoms with Gasteiger partial charge in [0.2, 0.25) is 0 Å². The molecule has 17 heavy (non-hydrogen) atoms. The van der Waals surface area contributed by atoms with Crippen molar-refractivity contribution in [1.29, 1.82) is 0 Å². The van der Waals surface area contributed by atoms with Crippen molar-refractivity contribution in [2.45, 2.75) is 6.04 Å². The Morgan fingerprint density at radius 3 is 2.71 bits per heavy atom. The zero-order valence-electron chi connectivity index (χ0n) is 8.90. The first-order chi connectivity index (χ1) is 8.22. The zero-order chi connectivity index (χ0) is 12.3. The van der Waals surface area contributed by atoms with Crippen LogP contribution < -0.4 is 11.3 Å². The molecule has 0 bridgehead atoms. The number of pyridine rings is 1. The van der Waals surface area contributed by atoms with E-state index in [1.165, 1.54) is 6.07 Å². The van der Waals surface area contributed by atoms with Gasteiger partial charge in [0.25, 0.3) is 0 Å². The first-order valence-corrected chi connectivity index (χ1v) is 5.82. The molecule has 2 rings (SSSR count). The number of nitrogens with one attached hydrogen (secondary N) is 1. The summed E-state index contributed by atoms with van der Waals surface area (Å²) in [6.45, 7) is 0. The Bertz CT molecular complexity index is 519. The predicted molar refractivity (Wildman–Crippen MR) is 67.5 cm³/mol. The standard InChI is InChI=1S/C12H11BrFN3/c13-9-5-8(6-16-7-9)12(17-15)10-3-1-2-4-11(10)14/h1-7,12,17H,15H2. The average molecular weight is 296 g/mol. The number of hydrazine groups is 1. The van der Waals surface area contributed by atoms with Crippen LogP contribution in [0.25, 0.3) is 0 Å². The number of benzene rings is 1. The van der Waals surface area contributed by atoms with Crippen molar-refractivity contribution in [2.75, 3.05) is 0 Å². The molecule has 88 valence electrons. The number of halogens is 2. The lowest BCUT2D eigenvalue weighted by Gasteiger charge is -2.17. The molecule has 0 saturated heterocycles. The summed E-state index contributed by atoms with van der Waals surface area (Å²) >= 11 is 3.33. The van der Waals surface area contributed by atoms with Gasteiger partial charge in [-0.3, -0.25) is 10.8 Å². The third-order valence-electron chi connectivity index (χ3n) is 2.44. The molecular weight excluding hydrogens is 285 g/mol. The molecule has 0 aliphatic rings. The molecule has 2 aromatic rings. The first-order valence-electron chi connectivity index (χ1n) is 5.03. The molecular formula is C12H11BrFN3. The van der Waals surface area contributed by atoms with E-state index in [0.717, 1.165) is 10.0 Å². The van der Waals surface area contributed by atoms with E-state index in [0.29, 0.717) is 5.56 Å². The maximum Gasteiger partial charge on any atom is 0.128 e. The Kier molecular flexibility index (Phi) is 3.83. The molecule has 1 heterocycles. The highest BCUT2D eigenvalue weighted by molar-refractivity contribution is 9.10. The quantitative estimate of drug-likeness (QED) is 0.676. The molecule has 1 aromatic carbocycles. The van der Waals surface area contributed by atoms with Gasteiger partial charge in [0.15, 0.2) is 0 Å². The Balaban J connectivity index is 2.44. The molecule has 1 aromatic heterocycles. The van der Waals surface area contributed by atoms with E-state index in [-0.39, 0.29) is 5.82 Å². The summed E-state index contributed by atoms with van der Waals surface area (Å²) in [7, 11) is 0. The third kappa shape index (κ3) is 2.69. The summed E-state index contributed by atoms with van der Waals surface area (Å²) in [6.07, 6.45) is 3.32. The van der Waals surface area contributed by atoms with Crippen molar-refractivity contribution in [2.24, 2.45) is 5.84 Å². The molecule has 3 N–H and O–H groups in total. The van der Waals surface area contributed by atoms with E-state index in [9.17, 15) is 4.39 Å². The van der Waals surface area contributed by atoms with Crippen LogP contribution in [0.3, 0.4) is 0 Å². The summed E-state index contributed by atoms with van der Waals surface area (Å²) in [4.78, 5) is 4.04. The van der Waals surface area contributed by atoms with Crippen LogP contribution >= 0.6 is 15.9 Å². The Hall–Kier alpha value is -1.30. The summed E-state index contributed by atoms with van der Waals surface area (Å²) in [5.41, 5.74) is 3.90. The Labute approximate surface area is 107 Å². The van der Waals surface area contributed by atoms with Crippen LogP contribution in [0, 0.1) is 5.82 Å². The number of hydrogen-bond donors (Lipinski definition) is 2. The second-order valence-electron chi connectivity index (χ2n) is 3.56. The van der Waals surface area contributed by atoms with Gasteiger partial charge in [0.1, 0.15) is 5.82 Å². The predicted octanol–water partition coefficient (Wildman–Crippen LogP) is 2.54. The third-order valence-corrected chi connectivity index (χ3v) is 2.88. The second kappa shape index (κ2) is 5.35. The second-order valence-corrected chi connectivity index (χ2v) is 4.47. The number of hydrogen-bond acceptors (Lipinski definition) is 3. The maximum atomic E-state index is 13.7. The molecule has 0 radical (unpaired) electrons. The van der Waals surface area contributed by atoms with E-state index >= 15 is 0 Å². The van der Waals surface area contributed by atoms with Crippen LogP contribution in [0.2, 0.25) is 0 Å². The molecule has 0 aliphatic carbocycles. The van der Waals surface area contributed by atoms with Crippen molar-refractivity contribution in [3.8, 4) is 0 Å². The fourth-order valence-electron chi connectivity index (χ4n) is 1.66. The minimum absolute atomic E-state index is 0.296. The minimum Gasteiger partial charge on any atom is -0.271 e. The van der Waals surface area contributed by atoms with Crippen LogP contribution in [0.4, 0.5) is 4.39 Å². The molecule has 1 atom stereocenters. The molecule has 3 nitrogen and oxygen atoms in total. The first kappa shape index (κ1) is 12.2. The van der Waals surface area contributed by atoms with Crippen LogP contribution in [0.15, 0.2) is 47.2 Å². The minimum atomic E-state index is -0.416. The Morgan fingerprint density at radius 2 is 2.06 bits per heavy atom. The van der Waals surface area contributed by atoms with Crippen molar-refractivity contribution < 1.29 is 4.39 Å². The van der Waals surface area contributed by atoms with E-state index < -0.39 is 6.04 Å². The van der Waals surface area contributed by atoms with E-state index in [1.807, 2.05) is 6.07 Å². The van der Waals surface area contributed by atoms with E-state index in [4.69, 9.17) is 5.84 Å². The van der Waals surface area contributed by atoms with Crippen LogP contribution in [-0.2, 0) is 0 Å². The van der Waals surface area contributed by atoms with Gasteiger partial charge < -0.3 is 0 Å². The van der Waals surface area contributed by atoms with Gasteiger partial charge in [-0.1, -0.05) is 18.2 Å². The van der Waals surface area contributed by atoms with E-state index in [2.05, 4.69) is 26.3 Å². The van der Waals surface area contributed by atoms with Gasteiger partial charge in [-0.15, -0.1) is 0 Å². The van der Waals surface area contributed by atoms with Crippen LogP contribution in [-0.4, -0.2) is 4.98 Å². The van der Waals surface area contributed by atoms with Gasteiger partial charge in [-0.25, -0.2) is 9.82 Å². The topological polar surface area (TPSA) is 50.9 Å². The van der Waals surface area contributed by atoms with E-state index in [1.54, 1.807) is 30.6 Å². The van der Waals surface area contributed by atoms with Crippen LogP contribution in [0.5, 0.6) is 0 Å². The summed E-state index contributed by atoms with van der Waals surface area (Å²) in [6, 6.07) is 7.96. The van der Waals surface area contributed by atoms with Crippen molar-refractivity contribution in [3.05, 3.63) is 64.1 Å². The van der Waals surface area contributed by atoms with Gasteiger partial charge in [0.05, 0.1) is 6.04 Å². The van der Waals surface area contributed by atoms with Gasteiger partial charge >= 0.3 is 0 Å². The number of nitrogens with two attached hydrogens (primary N) is 1. The zero-order valence-corrected chi connectivity index (χ0v) is 10.5. The lowest BCUT2D eigenvalue weighted by atomic mass is 10.0. The molecule has 0 saturated carbocycles. The lowest BCUT2D eigenvalue weighted by Crippen LogP contribution is -2.29. The molecule has 0 amide bonds. The molecule has 0 spiro atoms.